The molecule has 10 atom stereocenters. The Morgan fingerprint density at radius 3 is 1.14 bits per heavy atom. The number of nitrogens with zero attached hydrogens (tertiary/aromatic N) is 2. The van der Waals surface area contributed by atoms with Crippen LogP contribution in [0.1, 0.15) is 123 Å². The minimum Gasteiger partial charge on any atom is -0.374 e. The summed E-state index contributed by atoms with van der Waals surface area (Å²) >= 11 is 0. The summed E-state index contributed by atoms with van der Waals surface area (Å²) < 4.78 is 12.6. The molecule has 2 saturated heterocycles. The quantitative estimate of drug-likeness (QED) is 0.0258. The van der Waals surface area contributed by atoms with Gasteiger partial charge >= 0.3 is 0 Å². The smallest absolute Gasteiger partial charge is 0.251 e. The van der Waals surface area contributed by atoms with Crippen LogP contribution in [0.3, 0.4) is 0 Å². The van der Waals surface area contributed by atoms with Crippen molar-refractivity contribution < 1.29 is 47.8 Å². The fourth-order valence-corrected chi connectivity index (χ4v) is 12.2. The van der Waals surface area contributed by atoms with Crippen LogP contribution in [0, 0.1) is 10.8 Å². The molecule has 0 unspecified atom stereocenters. The molecule has 7 aromatic carbocycles. The van der Waals surface area contributed by atoms with Crippen molar-refractivity contribution in [3.05, 3.63) is 203 Å². The van der Waals surface area contributed by atoms with Crippen molar-refractivity contribution in [2.24, 2.45) is 10.8 Å². The van der Waals surface area contributed by atoms with E-state index in [0.29, 0.717) is 0 Å². The van der Waals surface area contributed by atoms with Crippen molar-refractivity contribution in [3.8, 4) is 0 Å². The Kier molecular flexibility index (Phi) is 23.6. The van der Waals surface area contributed by atoms with Gasteiger partial charge in [0.15, 0.2) is 0 Å². The van der Waals surface area contributed by atoms with Gasteiger partial charge in [0.1, 0.15) is 24.2 Å². The van der Waals surface area contributed by atoms with Crippen molar-refractivity contribution in [1.82, 2.24) is 52.3 Å². The van der Waals surface area contributed by atoms with Crippen molar-refractivity contribution in [3.63, 3.8) is 0 Å². The molecular formula is C76H92N10O10. The van der Waals surface area contributed by atoms with Crippen molar-refractivity contribution in [1.29, 1.82) is 0 Å². The third kappa shape index (κ3) is 18.2. The summed E-state index contributed by atoms with van der Waals surface area (Å²) in [6.45, 7) is 15.0. The predicted octanol–water partition coefficient (Wildman–Crippen LogP) is 7.82. The maximum Gasteiger partial charge on any atom is 0.251 e. The lowest BCUT2D eigenvalue weighted by Crippen LogP contribution is -2.59. The molecular weight excluding hydrogens is 1210 g/mol. The second-order valence-electron chi connectivity index (χ2n) is 27.4. The maximum absolute atomic E-state index is 15.0. The minimum absolute atomic E-state index is 0.0334. The first kappa shape index (κ1) is 71.0. The second kappa shape index (κ2) is 31.9. The van der Waals surface area contributed by atoms with Crippen LogP contribution >= 0.6 is 0 Å². The van der Waals surface area contributed by atoms with Crippen molar-refractivity contribution >= 4 is 68.8 Å². The van der Waals surface area contributed by atoms with Gasteiger partial charge in [-0.15, -0.1) is 0 Å². The van der Waals surface area contributed by atoms with Crippen LogP contribution in [0.2, 0.25) is 0 Å². The van der Waals surface area contributed by atoms with Crippen LogP contribution in [0.25, 0.3) is 21.5 Å². The highest BCUT2D eigenvalue weighted by molar-refractivity contribution is 6.00. The largest absolute Gasteiger partial charge is 0.374 e. The highest BCUT2D eigenvalue weighted by Crippen LogP contribution is 2.31. The molecule has 0 spiro atoms. The Hall–Kier alpha value is -9.34. The lowest BCUT2D eigenvalue weighted by atomic mass is 9.85. The maximum atomic E-state index is 15.0. The first-order valence-corrected chi connectivity index (χ1v) is 33.0. The van der Waals surface area contributed by atoms with E-state index < -0.39 is 119 Å². The minimum atomic E-state index is -1.08. The lowest BCUT2D eigenvalue weighted by molar-refractivity contribution is -0.144. The van der Waals surface area contributed by atoms with Gasteiger partial charge in [-0.1, -0.05) is 175 Å². The number of nitrogens with one attached hydrogen (secondary N) is 8. The van der Waals surface area contributed by atoms with Crippen LogP contribution < -0.4 is 42.5 Å². The normalized spacial score (nSPS) is 18.3. The number of carbonyl (C=O) groups is 8. The molecule has 0 aliphatic carbocycles. The Bertz CT molecular complexity index is 3630. The van der Waals surface area contributed by atoms with E-state index in [0.717, 1.165) is 43.8 Å². The zero-order valence-electron chi connectivity index (χ0n) is 56.6. The average Bonchev–Trinajstić information content (AvgIpc) is 1.78. The van der Waals surface area contributed by atoms with Crippen LogP contribution in [0.4, 0.5) is 0 Å². The van der Waals surface area contributed by atoms with Crippen LogP contribution in [-0.4, -0.2) is 146 Å². The van der Waals surface area contributed by atoms with Crippen LogP contribution in [0.15, 0.2) is 170 Å². The van der Waals surface area contributed by atoms with E-state index in [1.54, 1.807) is 27.9 Å². The monoisotopic (exact) mass is 1300 g/mol. The fraction of sp³-hybridized carbons (Fsp3) is 0.395. The van der Waals surface area contributed by atoms with E-state index in [1.807, 2.05) is 175 Å². The van der Waals surface area contributed by atoms with Gasteiger partial charge in [-0.2, -0.15) is 0 Å². The summed E-state index contributed by atoms with van der Waals surface area (Å²) in [4.78, 5) is 118. The summed E-state index contributed by atoms with van der Waals surface area (Å²) in [6.07, 6.45) is 0.0667. The summed E-state index contributed by atoms with van der Waals surface area (Å²) in [6, 6.07) is 44.9. The first-order valence-electron chi connectivity index (χ1n) is 33.0. The number of hydrogen-bond donors (Lipinski definition) is 8. The number of likely N-dealkylation sites (N-methyl/N-ethyl adjacent to an activating group) is 2. The zero-order valence-corrected chi connectivity index (χ0v) is 56.6. The highest BCUT2D eigenvalue weighted by atomic mass is 16.5. The molecule has 8 N–H and O–H groups in total. The Balaban J connectivity index is 0.903. The number of benzene rings is 7. The molecule has 506 valence electrons. The number of hydrogen-bond acceptors (Lipinski definition) is 12. The van der Waals surface area contributed by atoms with Crippen molar-refractivity contribution in [2.75, 3.05) is 40.4 Å². The molecule has 20 heteroatoms. The molecule has 0 radical (unpaired) electrons. The van der Waals surface area contributed by atoms with Gasteiger partial charge in [-0.25, -0.2) is 0 Å². The Labute approximate surface area is 562 Å². The molecule has 7 aromatic rings. The van der Waals surface area contributed by atoms with E-state index in [9.17, 15) is 38.4 Å². The van der Waals surface area contributed by atoms with E-state index in [1.165, 1.54) is 34.1 Å². The fourth-order valence-electron chi connectivity index (χ4n) is 12.2. The van der Waals surface area contributed by atoms with Gasteiger partial charge in [0.05, 0.1) is 50.6 Å². The summed E-state index contributed by atoms with van der Waals surface area (Å²) in [5.41, 5.74) is 2.27. The van der Waals surface area contributed by atoms with Crippen molar-refractivity contribution in [2.45, 2.75) is 142 Å². The molecule has 2 aliphatic rings. The number of amides is 8. The van der Waals surface area contributed by atoms with Crippen LogP contribution in [-0.2, 0) is 51.5 Å². The number of rotatable bonds is 26. The van der Waals surface area contributed by atoms with E-state index in [4.69, 9.17) is 9.47 Å². The summed E-state index contributed by atoms with van der Waals surface area (Å²) in [7, 11) is 3.29. The first-order chi connectivity index (χ1) is 45.9. The van der Waals surface area contributed by atoms with E-state index >= 15 is 0 Å². The third-order valence-electron chi connectivity index (χ3n) is 18.1. The zero-order chi connectivity index (χ0) is 68.8. The molecule has 0 aromatic heterocycles. The van der Waals surface area contributed by atoms with Crippen LogP contribution in [0.5, 0.6) is 0 Å². The van der Waals surface area contributed by atoms with Gasteiger partial charge in [0.2, 0.25) is 35.4 Å². The number of likely N-dealkylation sites (tertiary alicyclic amines) is 2. The standard InChI is InChI=1S/C76H92N10O10/c1-47(77-9)67(87)83-65(75(3,4)5)73(93)85-41-59(39-63(85)71(91)81-61(53-23-13-11-14-24-53)45-95-43-49-29-31-51-21-17-19-27-57(51)37-49)79-69(89)55-33-35-56(36-34-55)70(90)80-60-40-64(86(42-60)74(94)66(76(6,7)8)84-68(88)48(2)78-10)72(92)82-62(54-25-15-12-16-26-54)46-96-44-50-30-32-52-22-18-20-28-58(52)38-50/h11-38,47-48,59-66,77-78H,39-46H2,1-10H3,(H,79,89)(H,80,90)(H,81,91)(H,82,92)(H,83,87)(H,84,88)/t47-,48-,59-,60-,61+,62+,63-,64-,65+,66+/m0/s1. The SMILES string of the molecule is CN[C@@H](C)C(=O)N[C@H](C(=O)N1C[C@@H](NC(=O)c2ccc(C(=O)N[C@H]3C[C@@H](C(=O)N[C@H](COCc4ccc5ccccc5c4)c4ccccc4)N(C(=O)[C@@H](NC(=O)[C@H](C)NC)C(C)(C)C)C3)cc2)C[C@H]1C(=O)N[C@H](COCc1ccc2ccccc2c1)c1ccccc1)C(C)(C)C. The van der Waals surface area contributed by atoms with Gasteiger partial charge in [0, 0.05) is 36.3 Å². The molecule has 2 fully saturated rings. The predicted molar refractivity (Wildman–Crippen MR) is 371 cm³/mol. The number of ether oxygens (including phenoxy) is 2. The Morgan fingerprint density at radius 2 is 0.792 bits per heavy atom. The number of fused-ring (bicyclic) bond motifs is 2. The van der Waals surface area contributed by atoms with Gasteiger partial charge < -0.3 is 61.8 Å². The van der Waals surface area contributed by atoms with Gasteiger partial charge in [-0.3, -0.25) is 38.4 Å². The highest BCUT2D eigenvalue weighted by Gasteiger charge is 2.48. The molecule has 96 heavy (non-hydrogen) atoms. The second-order valence-corrected chi connectivity index (χ2v) is 27.4. The third-order valence-corrected chi connectivity index (χ3v) is 18.1. The summed E-state index contributed by atoms with van der Waals surface area (Å²) in [5, 5.41) is 28.5. The molecule has 9 rings (SSSR count). The van der Waals surface area contributed by atoms with E-state index in [-0.39, 0.29) is 63.5 Å². The topological polar surface area (TPSA) is 258 Å². The lowest BCUT2D eigenvalue weighted by Gasteiger charge is -2.36. The molecule has 0 saturated carbocycles. The molecule has 0 bridgehead atoms. The molecule has 2 heterocycles. The molecule has 2 aliphatic heterocycles. The van der Waals surface area contributed by atoms with E-state index in [2.05, 4.69) is 54.7 Å². The number of carbonyl (C=O) groups excluding carboxylic acids is 8. The van der Waals surface area contributed by atoms with Gasteiger partial charge in [0.25, 0.3) is 11.8 Å². The van der Waals surface area contributed by atoms with Gasteiger partial charge in [-0.05, 0) is 132 Å². The average molecular weight is 1310 g/mol. The summed E-state index contributed by atoms with van der Waals surface area (Å²) in [5.74, 6) is -3.79. The molecule has 20 nitrogen and oxygen atoms in total. The Morgan fingerprint density at radius 1 is 0.448 bits per heavy atom. The molecule has 8 amide bonds.